The maximum absolute atomic E-state index is 5.83. The Morgan fingerprint density at radius 1 is 1.18 bits per heavy atom. The van der Waals surface area contributed by atoms with Crippen LogP contribution in [0.2, 0.25) is 5.15 Å². The van der Waals surface area contributed by atoms with E-state index in [1.807, 2.05) is 18.3 Å². The van der Waals surface area contributed by atoms with Gasteiger partial charge in [0.2, 0.25) is 5.95 Å². The predicted octanol–water partition coefficient (Wildman–Crippen LogP) is 3.55. The summed E-state index contributed by atoms with van der Waals surface area (Å²) >= 11 is 7.56. The van der Waals surface area contributed by atoms with E-state index in [-0.39, 0.29) is 0 Å². The third kappa shape index (κ3) is 2.94. The lowest BCUT2D eigenvalue weighted by molar-refractivity contribution is 0.651. The fraction of sp³-hybridized carbons (Fsp3) is 0.533. The fourth-order valence-electron chi connectivity index (χ4n) is 2.79. The molecule has 1 aliphatic carbocycles. The number of anilines is 1. The van der Waals surface area contributed by atoms with Gasteiger partial charge in [-0.3, -0.25) is 4.57 Å². The molecule has 0 atom stereocenters. The van der Waals surface area contributed by atoms with Crippen molar-refractivity contribution in [2.45, 2.75) is 42.6 Å². The number of rotatable bonds is 5. The molecule has 0 amide bonds. The Kier molecular flexibility index (Phi) is 3.96. The van der Waals surface area contributed by atoms with E-state index in [4.69, 9.17) is 11.6 Å². The van der Waals surface area contributed by atoms with Crippen LogP contribution >= 0.6 is 23.4 Å². The van der Waals surface area contributed by atoms with E-state index in [0.717, 1.165) is 35.5 Å². The van der Waals surface area contributed by atoms with E-state index >= 15 is 0 Å². The third-order valence-electron chi connectivity index (χ3n) is 4.10. The second-order valence-electron chi connectivity index (χ2n) is 5.86. The molecular formula is C15H18ClN5S. The monoisotopic (exact) mass is 335 g/mol. The van der Waals surface area contributed by atoms with Gasteiger partial charge in [0, 0.05) is 31.1 Å². The first-order valence-electron chi connectivity index (χ1n) is 7.74. The van der Waals surface area contributed by atoms with Gasteiger partial charge in [0.1, 0.15) is 5.15 Å². The van der Waals surface area contributed by atoms with Crippen LogP contribution in [0.25, 0.3) is 0 Å². The molecule has 0 bridgehead atoms. The van der Waals surface area contributed by atoms with E-state index in [1.54, 1.807) is 11.8 Å². The first-order valence-corrected chi connectivity index (χ1v) is 9.11. The van der Waals surface area contributed by atoms with Crippen molar-refractivity contribution in [1.29, 1.82) is 0 Å². The van der Waals surface area contributed by atoms with Crippen LogP contribution < -0.4 is 4.90 Å². The highest BCUT2D eigenvalue weighted by molar-refractivity contribution is 7.98. The molecule has 116 valence electrons. The van der Waals surface area contributed by atoms with Crippen molar-refractivity contribution in [3.63, 3.8) is 0 Å². The highest BCUT2D eigenvalue weighted by Crippen LogP contribution is 2.41. The molecule has 2 aromatic rings. The summed E-state index contributed by atoms with van der Waals surface area (Å²) in [5.41, 5.74) is 1.16. The maximum atomic E-state index is 5.83. The molecule has 1 saturated carbocycles. The minimum absolute atomic E-state index is 0.534. The molecule has 3 heterocycles. The normalized spacial score (nSPS) is 18.1. The zero-order chi connectivity index (χ0) is 14.9. The Hall–Kier alpha value is -1.27. The molecule has 0 unspecified atom stereocenters. The molecule has 5 nitrogen and oxygen atoms in total. The van der Waals surface area contributed by atoms with Crippen molar-refractivity contribution in [3.8, 4) is 0 Å². The lowest BCUT2D eigenvalue weighted by Gasteiger charge is -2.17. The molecule has 1 saturated heterocycles. The summed E-state index contributed by atoms with van der Waals surface area (Å²) in [6, 6.07) is 4.44. The number of aromatic nitrogens is 4. The van der Waals surface area contributed by atoms with Crippen LogP contribution in [0.5, 0.6) is 0 Å². The summed E-state index contributed by atoms with van der Waals surface area (Å²) in [5.74, 6) is 1.91. The second-order valence-corrected chi connectivity index (χ2v) is 7.19. The van der Waals surface area contributed by atoms with Crippen molar-refractivity contribution in [2.24, 2.45) is 0 Å². The molecule has 0 spiro atoms. The number of nitrogens with zero attached hydrogens (tertiary/aromatic N) is 5. The van der Waals surface area contributed by atoms with E-state index in [2.05, 4.69) is 24.6 Å². The first kappa shape index (κ1) is 14.3. The summed E-state index contributed by atoms with van der Waals surface area (Å²) in [6.07, 6.45) is 6.84. The summed E-state index contributed by atoms with van der Waals surface area (Å²) in [7, 11) is 0. The fourth-order valence-corrected chi connectivity index (χ4v) is 3.84. The van der Waals surface area contributed by atoms with E-state index in [9.17, 15) is 0 Å². The quantitative estimate of drug-likeness (QED) is 0.617. The summed E-state index contributed by atoms with van der Waals surface area (Å²) in [5, 5.41) is 10.5. The average Bonchev–Trinajstić information content (AvgIpc) is 3.06. The molecule has 0 N–H and O–H groups in total. The van der Waals surface area contributed by atoms with E-state index < -0.39 is 0 Å². The van der Waals surface area contributed by atoms with Crippen molar-refractivity contribution in [3.05, 3.63) is 29.0 Å². The Morgan fingerprint density at radius 2 is 2.00 bits per heavy atom. The predicted molar refractivity (Wildman–Crippen MR) is 88.5 cm³/mol. The zero-order valence-electron chi connectivity index (χ0n) is 12.3. The Morgan fingerprint density at radius 3 is 2.68 bits per heavy atom. The molecule has 2 aliphatic rings. The molecule has 1 aliphatic heterocycles. The van der Waals surface area contributed by atoms with Crippen LogP contribution in [0.4, 0.5) is 5.95 Å². The molecule has 0 aromatic carbocycles. The van der Waals surface area contributed by atoms with Gasteiger partial charge in [-0.15, -0.1) is 10.2 Å². The van der Waals surface area contributed by atoms with Crippen LogP contribution in [-0.4, -0.2) is 32.8 Å². The molecule has 2 aromatic heterocycles. The standard InChI is InChI=1S/C15H18ClN5S/c16-13-6-3-11(9-17-13)10-22-15-19-18-14(20-7-1-2-8-20)21(15)12-4-5-12/h3,6,9,12H,1-2,4-5,7-8,10H2. The largest absolute Gasteiger partial charge is 0.341 e. The van der Waals surface area contributed by atoms with Gasteiger partial charge in [-0.1, -0.05) is 29.4 Å². The van der Waals surface area contributed by atoms with Gasteiger partial charge in [-0.25, -0.2) is 4.98 Å². The molecular weight excluding hydrogens is 318 g/mol. The number of hydrogen-bond acceptors (Lipinski definition) is 5. The van der Waals surface area contributed by atoms with Crippen molar-refractivity contribution >= 4 is 29.3 Å². The minimum atomic E-state index is 0.534. The van der Waals surface area contributed by atoms with E-state index in [0.29, 0.717) is 11.2 Å². The Balaban J connectivity index is 1.52. The summed E-state index contributed by atoms with van der Waals surface area (Å²) in [6.45, 7) is 2.22. The number of hydrogen-bond donors (Lipinski definition) is 0. The Bertz CT molecular complexity index is 646. The molecule has 22 heavy (non-hydrogen) atoms. The molecule has 0 radical (unpaired) electrons. The number of pyridine rings is 1. The van der Waals surface area contributed by atoms with Crippen molar-refractivity contribution < 1.29 is 0 Å². The molecule has 4 rings (SSSR count). The second kappa shape index (κ2) is 6.08. The highest BCUT2D eigenvalue weighted by Gasteiger charge is 2.32. The van der Waals surface area contributed by atoms with Crippen molar-refractivity contribution in [2.75, 3.05) is 18.0 Å². The Labute approximate surface area is 139 Å². The highest BCUT2D eigenvalue weighted by atomic mass is 35.5. The molecule has 2 fully saturated rings. The van der Waals surface area contributed by atoms with Crippen LogP contribution in [0.15, 0.2) is 23.5 Å². The maximum Gasteiger partial charge on any atom is 0.228 e. The lowest BCUT2D eigenvalue weighted by atomic mass is 10.3. The number of thioether (sulfide) groups is 1. The van der Waals surface area contributed by atoms with Gasteiger partial charge in [-0.05, 0) is 37.3 Å². The van der Waals surface area contributed by atoms with Gasteiger partial charge < -0.3 is 4.90 Å². The van der Waals surface area contributed by atoms with E-state index in [1.165, 1.54) is 25.7 Å². The topological polar surface area (TPSA) is 46.8 Å². The summed E-state index contributed by atoms with van der Waals surface area (Å²) < 4.78 is 2.35. The summed E-state index contributed by atoms with van der Waals surface area (Å²) in [4.78, 5) is 6.50. The van der Waals surface area contributed by atoms with Crippen molar-refractivity contribution in [1.82, 2.24) is 19.7 Å². The van der Waals surface area contributed by atoms with Gasteiger partial charge in [-0.2, -0.15) is 0 Å². The lowest BCUT2D eigenvalue weighted by Crippen LogP contribution is -2.22. The first-order chi connectivity index (χ1) is 10.8. The SMILES string of the molecule is Clc1ccc(CSc2nnc(N3CCCC3)n2C2CC2)cn1. The smallest absolute Gasteiger partial charge is 0.228 e. The molecule has 7 heteroatoms. The minimum Gasteiger partial charge on any atom is -0.341 e. The van der Waals surface area contributed by atoms with Crippen LogP contribution in [0.1, 0.15) is 37.3 Å². The number of halogens is 1. The van der Waals surface area contributed by atoms with Gasteiger partial charge in [0.25, 0.3) is 0 Å². The van der Waals surface area contributed by atoms with Crippen LogP contribution in [0, 0.1) is 0 Å². The average molecular weight is 336 g/mol. The third-order valence-corrected chi connectivity index (χ3v) is 5.34. The van der Waals surface area contributed by atoms with Crippen LogP contribution in [0.3, 0.4) is 0 Å². The van der Waals surface area contributed by atoms with Crippen LogP contribution in [-0.2, 0) is 5.75 Å². The zero-order valence-corrected chi connectivity index (χ0v) is 13.9. The van der Waals surface area contributed by atoms with Gasteiger partial charge >= 0.3 is 0 Å². The van der Waals surface area contributed by atoms with Gasteiger partial charge in [0.05, 0.1) is 0 Å². The van der Waals surface area contributed by atoms with Gasteiger partial charge in [0.15, 0.2) is 5.16 Å².